The quantitative estimate of drug-likeness (QED) is 0.327. The van der Waals surface area contributed by atoms with Gasteiger partial charge < -0.3 is 14.5 Å². The van der Waals surface area contributed by atoms with Gasteiger partial charge in [0.15, 0.2) is 0 Å². The van der Waals surface area contributed by atoms with E-state index in [0.717, 1.165) is 38.8 Å². The van der Waals surface area contributed by atoms with Crippen LogP contribution in [0.2, 0.25) is 5.02 Å². The lowest BCUT2D eigenvalue weighted by Gasteiger charge is -2.15. The lowest BCUT2D eigenvalue weighted by Crippen LogP contribution is -2.10. The number of nitrogens with zero attached hydrogens (tertiary/aromatic N) is 1. The third kappa shape index (κ3) is 4.39. The van der Waals surface area contributed by atoms with Crippen LogP contribution < -0.4 is 10.1 Å². The number of fused-ring (bicyclic) bond motifs is 1. The van der Waals surface area contributed by atoms with Gasteiger partial charge >= 0.3 is 0 Å². The number of benzene rings is 2. The second kappa shape index (κ2) is 9.28. The minimum Gasteiger partial charge on any atom is -0.493 e. The smallest absolute Gasteiger partial charge is 0.249 e. The van der Waals surface area contributed by atoms with Gasteiger partial charge in [0.25, 0.3) is 0 Å². The van der Waals surface area contributed by atoms with E-state index in [4.69, 9.17) is 20.8 Å². The van der Waals surface area contributed by atoms with Gasteiger partial charge in [0.05, 0.1) is 12.9 Å². The Hall–Kier alpha value is -3.57. The van der Waals surface area contributed by atoms with Gasteiger partial charge in [-0.1, -0.05) is 29.8 Å². The van der Waals surface area contributed by atoms with Crippen LogP contribution in [0.15, 0.2) is 71.5 Å². The van der Waals surface area contributed by atoms with E-state index in [9.17, 15) is 4.79 Å². The van der Waals surface area contributed by atoms with E-state index in [1.165, 1.54) is 0 Å². The fourth-order valence-corrected chi connectivity index (χ4v) is 3.79. The van der Waals surface area contributed by atoms with E-state index in [1.54, 1.807) is 30.7 Å². The average molecular weight is 447 g/mol. The molecule has 0 fully saturated rings. The van der Waals surface area contributed by atoms with Gasteiger partial charge in [-0.25, -0.2) is 4.98 Å². The van der Waals surface area contributed by atoms with Crippen LogP contribution in [0.25, 0.3) is 27.7 Å². The predicted octanol–water partition coefficient (Wildman–Crippen LogP) is 6.90. The molecule has 4 aromatic rings. The van der Waals surface area contributed by atoms with E-state index in [2.05, 4.69) is 10.3 Å². The SMILES string of the molecule is CCOc1c(/C(C)=C/C(=O)Nc2ccccn2)cc2c(-c3ccc(Cl)cc3)coc2c1C. The molecule has 6 heteroatoms. The normalized spacial score (nSPS) is 11.6. The maximum absolute atomic E-state index is 12.6. The minimum absolute atomic E-state index is 0.258. The molecule has 0 spiro atoms. The third-order valence-corrected chi connectivity index (χ3v) is 5.43. The van der Waals surface area contributed by atoms with Gasteiger partial charge in [0.2, 0.25) is 5.91 Å². The Morgan fingerprint density at radius 1 is 1.22 bits per heavy atom. The summed E-state index contributed by atoms with van der Waals surface area (Å²) in [6, 6.07) is 15.0. The molecule has 32 heavy (non-hydrogen) atoms. The number of halogens is 1. The van der Waals surface area contributed by atoms with Crippen molar-refractivity contribution in [1.29, 1.82) is 0 Å². The second-order valence-corrected chi connectivity index (χ2v) is 7.81. The van der Waals surface area contributed by atoms with Crippen molar-refractivity contribution in [3.8, 4) is 16.9 Å². The molecule has 0 aliphatic carbocycles. The Bertz CT molecular complexity index is 1290. The van der Waals surface area contributed by atoms with Crippen molar-refractivity contribution in [3.05, 3.63) is 83.2 Å². The van der Waals surface area contributed by atoms with Crippen molar-refractivity contribution < 1.29 is 13.9 Å². The zero-order chi connectivity index (χ0) is 22.7. The number of ether oxygens (including phenoxy) is 1. The van der Waals surface area contributed by atoms with Gasteiger partial charge in [-0.05, 0) is 62.2 Å². The fraction of sp³-hybridized carbons (Fsp3) is 0.154. The van der Waals surface area contributed by atoms with Crippen LogP contribution in [0.3, 0.4) is 0 Å². The molecule has 5 nitrogen and oxygen atoms in total. The maximum atomic E-state index is 12.6. The Labute approximate surface area is 191 Å². The first kappa shape index (κ1) is 21.7. The second-order valence-electron chi connectivity index (χ2n) is 7.38. The van der Waals surface area contributed by atoms with Crippen molar-refractivity contribution in [1.82, 2.24) is 4.98 Å². The molecule has 0 atom stereocenters. The number of carbonyl (C=O) groups excluding carboxylic acids is 1. The van der Waals surface area contributed by atoms with E-state index in [-0.39, 0.29) is 5.91 Å². The highest BCUT2D eigenvalue weighted by Crippen LogP contribution is 2.41. The van der Waals surface area contributed by atoms with E-state index >= 15 is 0 Å². The molecule has 0 bridgehead atoms. The molecule has 2 aromatic carbocycles. The number of carbonyl (C=O) groups is 1. The van der Waals surface area contributed by atoms with Gasteiger partial charge in [-0.3, -0.25) is 4.79 Å². The predicted molar refractivity (Wildman–Crippen MR) is 129 cm³/mol. The molecule has 2 aromatic heterocycles. The topological polar surface area (TPSA) is 64.4 Å². The van der Waals surface area contributed by atoms with Crippen LogP contribution in [0, 0.1) is 6.92 Å². The number of aryl methyl sites for hydroxylation is 1. The first-order valence-electron chi connectivity index (χ1n) is 10.3. The lowest BCUT2D eigenvalue weighted by molar-refractivity contribution is -0.111. The van der Waals surface area contributed by atoms with Crippen LogP contribution in [-0.4, -0.2) is 17.5 Å². The first-order valence-corrected chi connectivity index (χ1v) is 10.7. The highest BCUT2D eigenvalue weighted by Gasteiger charge is 2.19. The summed E-state index contributed by atoms with van der Waals surface area (Å²) in [7, 11) is 0. The highest BCUT2D eigenvalue weighted by molar-refractivity contribution is 6.30. The highest BCUT2D eigenvalue weighted by atomic mass is 35.5. The van der Waals surface area contributed by atoms with Gasteiger partial charge in [0.1, 0.15) is 17.2 Å². The number of anilines is 1. The first-order chi connectivity index (χ1) is 15.5. The molecule has 0 radical (unpaired) electrons. The summed E-state index contributed by atoms with van der Waals surface area (Å²) in [6.07, 6.45) is 4.93. The summed E-state index contributed by atoms with van der Waals surface area (Å²) in [4.78, 5) is 16.7. The number of furan rings is 1. The number of amides is 1. The number of allylic oxidation sites excluding steroid dienone is 1. The molecule has 162 valence electrons. The summed E-state index contributed by atoms with van der Waals surface area (Å²) in [5, 5.41) is 4.41. The van der Waals surface area contributed by atoms with Gasteiger partial charge in [-0.15, -0.1) is 0 Å². The molecule has 2 heterocycles. The maximum Gasteiger partial charge on any atom is 0.249 e. The van der Waals surface area contributed by atoms with Crippen LogP contribution in [0.4, 0.5) is 5.82 Å². The molecule has 0 unspecified atom stereocenters. The van der Waals surface area contributed by atoms with Crippen molar-refractivity contribution in [2.24, 2.45) is 0 Å². The Kier molecular flexibility index (Phi) is 6.28. The monoisotopic (exact) mass is 446 g/mol. The summed E-state index contributed by atoms with van der Waals surface area (Å²) in [6.45, 7) is 6.29. The van der Waals surface area contributed by atoms with Crippen LogP contribution >= 0.6 is 11.6 Å². The molecule has 0 aliphatic heterocycles. The number of pyridine rings is 1. The Morgan fingerprint density at radius 2 is 2.00 bits per heavy atom. The number of hydrogen-bond donors (Lipinski definition) is 1. The number of hydrogen-bond acceptors (Lipinski definition) is 4. The Morgan fingerprint density at radius 3 is 2.69 bits per heavy atom. The summed E-state index contributed by atoms with van der Waals surface area (Å²) < 4.78 is 11.9. The molecule has 0 aliphatic rings. The van der Waals surface area contributed by atoms with Crippen molar-refractivity contribution in [2.75, 3.05) is 11.9 Å². The fourth-order valence-electron chi connectivity index (χ4n) is 3.67. The lowest BCUT2D eigenvalue weighted by atomic mass is 9.96. The standard InChI is InChI=1S/C26H23ClN2O3/c1-4-31-25-17(3)26-21(22(15-32-26)18-8-10-19(27)11-9-18)14-20(25)16(2)13-24(30)29-23-7-5-6-12-28-23/h5-15H,4H2,1-3H3,(H,28,29,30)/b16-13+. The van der Waals surface area contributed by atoms with E-state index < -0.39 is 0 Å². The van der Waals surface area contributed by atoms with Crippen molar-refractivity contribution in [2.45, 2.75) is 20.8 Å². The average Bonchev–Trinajstić information content (AvgIpc) is 3.21. The van der Waals surface area contributed by atoms with Crippen LogP contribution in [0.1, 0.15) is 25.0 Å². The molecular formula is C26H23ClN2O3. The minimum atomic E-state index is -0.258. The summed E-state index contributed by atoms with van der Waals surface area (Å²) >= 11 is 6.06. The molecule has 0 saturated heterocycles. The number of rotatable bonds is 6. The van der Waals surface area contributed by atoms with E-state index in [1.807, 2.05) is 57.2 Å². The molecule has 4 rings (SSSR count). The van der Waals surface area contributed by atoms with Crippen molar-refractivity contribution >= 4 is 39.9 Å². The molecule has 1 N–H and O–H groups in total. The summed E-state index contributed by atoms with van der Waals surface area (Å²) in [5.41, 5.74) is 5.21. The molecule has 1 amide bonds. The van der Waals surface area contributed by atoms with Crippen LogP contribution in [-0.2, 0) is 4.79 Å². The number of aromatic nitrogens is 1. The van der Waals surface area contributed by atoms with Gasteiger partial charge in [0, 0.05) is 39.4 Å². The largest absolute Gasteiger partial charge is 0.493 e. The zero-order valence-electron chi connectivity index (χ0n) is 18.1. The van der Waals surface area contributed by atoms with Gasteiger partial charge in [-0.2, -0.15) is 0 Å². The summed E-state index contributed by atoms with van der Waals surface area (Å²) in [5.74, 6) is 0.945. The van der Waals surface area contributed by atoms with Crippen LogP contribution in [0.5, 0.6) is 5.75 Å². The Balaban J connectivity index is 1.79. The molecule has 0 saturated carbocycles. The third-order valence-electron chi connectivity index (χ3n) is 5.18. The van der Waals surface area contributed by atoms with Crippen molar-refractivity contribution in [3.63, 3.8) is 0 Å². The molecular weight excluding hydrogens is 424 g/mol. The van der Waals surface area contributed by atoms with E-state index in [0.29, 0.717) is 23.2 Å². The number of nitrogens with one attached hydrogen (secondary N) is 1. The zero-order valence-corrected chi connectivity index (χ0v) is 18.9.